The lowest BCUT2D eigenvalue weighted by molar-refractivity contribution is -0.138. The molecule has 2 aromatic rings. The van der Waals surface area contributed by atoms with E-state index in [-0.39, 0.29) is 55.6 Å². The minimum Gasteiger partial charge on any atom is -0.492 e. The summed E-state index contributed by atoms with van der Waals surface area (Å²) in [5, 5.41) is 0. The van der Waals surface area contributed by atoms with Gasteiger partial charge in [0.1, 0.15) is 18.2 Å². The third kappa shape index (κ3) is 4.67. The van der Waals surface area contributed by atoms with Crippen LogP contribution in [0, 0.1) is 5.82 Å². The van der Waals surface area contributed by atoms with Gasteiger partial charge in [0.05, 0.1) is 6.54 Å². The van der Waals surface area contributed by atoms with Gasteiger partial charge >= 0.3 is 0 Å². The molecule has 30 heavy (non-hydrogen) atoms. The first-order valence-corrected chi connectivity index (χ1v) is 10.1. The second-order valence-electron chi connectivity index (χ2n) is 7.60. The topological polar surface area (TPSA) is 66.9 Å². The molecule has 0 atom stereocenters. The van der Waals surface area contributed by atoms with Gasteiger partial charge in [0.15, 0.2) is 0 Å². The summed E-state index contributed by atoms with van der Waals surface area (Å²) in [6, 6.07) is 13.3. The summed E-state index contributed by atoms with van der Waals surface area (Å²) >= 11 is 0. The molecule has 156 valence electrons. The third-order valence-corrected chi connectivity index (χ3v) is 5.35. The van der Waals surface area contributed by atoms with Crippen LogP contribution in [0.3, 0.4) is 0 Å². The van der Waals surface area contributed by atoms with E-state index in [0.717, 1.165) is 18.4 Å². The highest BCUT2D eigenvalue weighted by atomic mass is 19.1. The van der Waals surface area contributed by atoms with Crippen LogP contribution in [0.5, 0.6) is 5.75 Å². The fraction of sp³-hybridized carbons (Fsp3) is 0.348. The summed E-state index contributed by atoms with van der Waals surface area (Å²) < 4.78 is 18.8. The highest BCUT2D eigenvalue weighted by molar-refractivity contribution is 6.01. The molecule has 0 spiro atoms. The number of halogens is 1. The SMILES string of the molecule is O=C1CCC(=O)N1CCOc1ccc(CN(C(=O)c2ccc(F)cc2)C2CC2)cc1. The van der Waals surface area contributed by atoms with Crippen molar-refractivity contribution >= 4 is 17.7 Å². The zero-order valence-corrected chi connectivity index (χ0v) is 16.6. The molecule has 1 saturated heterocycles. The third-order valence-electron chi connectivity index (χ3n) is 5.35. The Bertz CT molecular complexity index is 923. The van der Waals surface area contributed by atoms with Crippen LogP contribution in [-0.4, -0.2) is 46.7 Å². The number of imide groups is 1. The number of hydrogen-bond donors (Lipinski definition) is 0. The van der Waals surface area contributed by atoms with Gasteiger partial charge in [-0.2, -0.15) is 0 Å². The number of nitrogens with zero attached hydrogens (tertiary/aromatic N) is 2. The van der Waals surface area contributed by atoms with E-state index < -0.39 is 0 Å². The Balaban J connectivity index is 1.33. The van der Waals surface area contributed by atoms with Crippen molar-refractivity contribution in [3.63, 3.8) is 0 Å². The molecule has 2 aromatic carbocycles. The van der Waals surface area contributed by atoms with Crippen molar-refractivity contribution in [1.82, 2.24) is 9.80 Å². The van der Waals surface area contributed by atoms with Crippen LogP contribution in [0.1, 0.15) is 41.6 Å². The summed E-state index contributed by atoms with van der Waals surface area (Å²) in [6.45, 7) is 0.965. The van der Waals surface area contributed by atoms with E-state index in [0.29, 0.717) is 17.9 Å². The van der Waals surface area contributed by atoms with Crippen molar-refractivity contribution in [2.45, 2.75) is 38.3 Å². The second kappa shape index (κ2) is 8.65. The van der Waals surface area contributed by atoms with E-state index in [9.17, 15) is 18.8 Å². The molecule has 3 amide bonds. The van der Waals surface area contributed by atoms with Crippen molar-refractivity contribution < 1.29 is 23.5 Å². The predicted octanol–water partition coefficient (Wildman–Crippen LogP) is 3.16. The number of ether oxygens (including phenoxy) is 1. The molecule has 0 unspecified atom stereocenters. The molecule has 2 aliphatic rings. The van der Waals surface area contributed by atoms with Gasteiger partial charge in [-0.25, -0.2) is 4.39 Å². The Labute approximate surface area is 174 Å². The van der Waals surface area contributed by atoms with Crippen molar-refractivity contribution in [1.29, 1.82) is 0 Å². The van der Waals surface area contributed by atoms with E-state index in [4.69, 9.17) is 4.74 Å². The Morgan fingerprint density at radius 3 is 2.23 bits per heavy atom. The number of carbonyl (C=O) groups excluding carboxylic acids is 3. The Hall–Kier alpha value is -3.22. The van der Waals surface area contributed by atoms with E-state index in [1.54, 1.807) is 0 Å². The lowest BCUT2D eigenvalue weighted by Crippen LogP contribution is -2.33. The molecule has 0 N–H and O–H groups in total. The average Bonchev–Trinajstić information content (AvgIpc) is 3.54. The van der Waals surface area contributed by atoms with Gasteiger partial charge in [0.25, 0.3) is 5.91 Å². The van der Waals surface area contributed by atoms with E-state index in [1.165, 1.54) is 29.2 Å². The molecular formula is C23H23FN2O4. The lowest BCUT2D eigenvalue weighted by Gasteiger charge is -2.23. The largest absolute Gasteiger partial charge is 0.492 e. The second-order valence-corrected chi connectivity index (χ2v) is 7.60. The van der Waals surface area contributed by atoms with Gasteiger partial charge in [0.2, 0.25) is 11.8 Å². The molecule has 0 aromatic heterocycles. The van der Waals surface area contributed by atoms with Crippen LogP contribution in [-0.2, 0) is 16.1 Å². The summed E-state index contributed by atoms with van der Waals surface area (Å²) in [4.78, 5) is 39.1. The Morgan fingerprint density at radius 2 is 1.63 bits per heavy atom. The molecule has 1 saturated carbocycles. The van der Waals surface area contributed by atoms with Crippen molar-refractivity contribution in [2.24, 2.45) is 0 Å². The van der Waals surface area contributed by atoms with Crippen LogP contribution >= 0.6 is 0 Å². The van der Waals surface area contributed by atoms with Gasteiger partial charge in [-0.05, 0) is 54.8 Å². The molecule has 0 bridgehead atoms. The highest BCUT2D eigenvalue weighted by Crippen LogP contribution is 2.30. The van der Waals surface area contributed by atoms with E-state index in [1.807, 2.05) is 29.2 Å². The van der Waals surface area contributed by atoms with Crippen LogP contribution in [0.4, 0.5) is 4.39 Å². The first kappa shape index (κ1) is 20.1. The van der Waals surface area contributed by atoms with Gasteiger partial charge in [0, 0.05) is 31.0 Å². The molecular weight excluding hydrogens is 387 g/mol. The van der Waals surface area contributed by atoms with E-state index in [2.05, 4.69) is 0 Å². The molecule has 1 aliphatic heterocycles. The minimum absolute atomic E-state index is 0.0993. The minimum atomic E-state index is -0.362. The maximum absolute atomic E-state index is 13.1. The summed E-state index contributed by atoms with van der Waals surface area (Å²) in [5.74, 6) is -0.119. The lowest BCUT2D eigenvalue weighted by atomic mass is 10.1. The average molecular weight is 410 g/mol. The van der Waals surface area contributed by atoms with Crippen LogP contribution in [0.2, 0.25) is 0 Å². The molecule has 6 nitrogen and oxygen atoms in total. The zero-order valence-electron chi connectivity index (χ0n) is 16.6. The fourth-order valence-electron chi connectivity index (χ4n) is 3.53. The number of likely N-dealkylation sites (tertiary alicyclic amines) is 1. The summed E-state index contributed by atoms with van der Waals surface area (Å²) in [6.07, 6.45) is 2.51. The van der Waals surface area contributed by atoms with Gasteiger partial charge in [-0.15, -0.1) is 0 Å². The summed E-state index contributed by atoms with van der Waals surface area (Å²) in [7, 11) is 0. The highest BCUT2D eigenvalue weighted by Gasteiger charge is 2.33. The Kier molecular flexibility index (Phi) is 5.79. The number of rotatable bonds is 8. The Morgan fingerprint density at radius 1 is 1.00 bits per heavy atom. The van der Waals surface area contributed by atoms with Gasteiger partial charge < -0.3 is 9.64 Å². The van der Waals surface area contributed by atoms with Crippen LogP contribution < -0.4 is 4.74 Å². The number of carbonyl (C=O) groups is 3. The number of hydrogen-bond acceptors (Lipinski definition) is 4. The van der Waals surface area contributed by atoms with Crippen LogP contribution in [0.15, 0.2) is 48.5 Å². The molecule has 1 aliphatic carbocycles. The van der Waals surface area contributed by atoms with Crippen molar-refractivity contribution in [3.05, 3.63) is 65.5 Å². The standard InChI is InChI=1S/C23H23FN2O4/c24-18-5-3-17(4-6-18)23(29)26(19-7-8-19)15-16-1-9-20(10-2-16)30-14-13-25-21(27)11-12-22(25)28/h1-6,9-10,19H,7-8,11-15H2. The molecule has 7 heteroatoms. The van der Waals surface area contributed by atoms with E-state index >= 15 is 0 Å². The quantitative estimate of drug-likeness (QED) is 0.627. The van der Waals surface area contributed by atoms with Gasteiger partial charge in [-0.3, -0.25) is 19.3 Å². The fourth-order valence-corrected chi connectivity index (χ4v) is 3.53. The molecule has 2 fully saturated rings. The maximum Gasteiger partial charge on any atom is 0.254 e. The van der Waals surface area contributed by atoms with Crippen LogP contribution in [0.25, 0.3) is 0 Å². The maximum atomic E-state index is 13.1. The van der Waals surface area contributed by atoms with Gasteiger partial charge in [-0.1, -0.05) is 12.1 Å². The summed E-state index contributed by atoms with van der Waals surface area (Å²) in [5.41, 5.74) is 1.45. The smallest absolute Gasteiger partial charge is 0.254 e. The normalized spacial score (nSPS) is 16.1. The number of benzene rings is 2. The first-order valence-electron chi connectivity index (χ1n) is 10.1. The monoisotopic (exact) mass is 410 g/mol. The zero-order chi connectivity index (χ0) is 21.1. The molecule has 1 heterocycles. The van der Waals surface area contributed by atoms with Crippen molar-refractivity contribution in [2.75, 3.05) is 13.2 Å². The first-order chi connectivity index (χ1) is 14.5. The predicted molar refractivity (Wildman–Crippen MR) is 107 cm³/mol. The van der Waals surface area contributed by atoms with Crippen molar-refractivity contribution in [3.8, 4) is 5.75 Å². The number of amides is 3. The molecule has 4 rings (SSSR count). The molecule has 0 radical (unpaired) electrons.